The van der Waals surface area contributed by atoms with E-state index in [9.17, 15) is 0 Å². The fraction of sp³-hybridized carbons (Fsp3) is 0.263. The van der Waals surface area contributed by atoms with Crippen LogP contribution in [0.1, 0.15) is 18.4 Å². The van der Waals surface area contributed by atoms with Gasteiger partial charge in [-0.2, -0.15) is 0 Å². The van der Waals surface area contributed by atoms with Crippen molar-refractivity contribution in [1.82, 2.24) is 9.97 Å². The maximum Gasteiger partial charge on any atom is 0.240 e. The fourth-order valence-corrected chi connectivity index (χ4v) is 3.68. The summed E-state index contributed by atoms with van der Waals surface area (Å²) in [7, 11) is 1.60. The monoisotopic (exact) mass is 338 g/mol. The molecule has 0 atom stereocenters. The Balaban J connectivity index is 1.54. The third-order valence-corrected chi connectivity index (χ3v) is 5.23. The van der Waals surface area contributed by atoms with Crippen molar-refractivity contribution in [3.63, 3.8) is 0 Å². The molecule has 1 fully saturated rings. The summed E-state index contributed by atoms with van der Waals surface area (Å²) in [6.07, 6.45) is 6.11. The Hall–Kier alpha value is -2.27. The van der Waals surface area contributed by atoms with Crippen molar-refractivity contribution < 1.29 is 9.47 Å². The van der Waals surface area contributed by atoms with E-state index in [1.54, 1.807) is 19.5 Å². The molecule has 3 aromatic rings. The summed E-state index contributed by atoms with van der Waals surface area (Å²) in [5.41, 5.74) is 1.89. The zero-order chi connectivity index (χ0) is 16.4. The highest BCUT2D eigenvalue weighted by Crippen LogP contribution is 2.39. The van der Waals surface area contributed by atoms with Crippen molar-refractivity contribution in [3.05, 3.63) is 54.4 Å². The number of methoxy groups -OCH3 is 1. The quantitative estimate of drug-likeness (QED) is 0.663. The molecule has 0 amide bonds. The highest BCUT2D eigenvalue weighted by molar-refractivity contribution is 8.00. The van der Waals surface area contributed by atoms with Gasteiger partial charge in [0.25, 0.3) is 0 Å². The molecule has 0 spiro atoms. The summed E-state index contributed by atoms with van der Waals surface area (Å²) in [6.45, 7) is 0.531. The molecule has 24 heavy (non-hydrogen) atoms. The Morgan fingerprint density at radius 3 is 2.83 bits per heavy atom. The Morgan fingerprint density at radius 1 is 1.12 bits per heavy atom. The van der Waals surface area contributed by atoms with Crippen molar-refractivity contribution in [3.8, 4) is 11.6 Å². The second-order valence-corrected chi connectivity index (χ2v) is 7.15. The lowest BCUT2D eigenvalue weighted by Gasteiger charge is -2.11. The topological polar surface area (TPSA) is 44.2 Å². The molecule has 0 radical (unpaired) electrons. The van der Waals surface area contributed by atoms with Gasteiger partial charge in [-0.3, -0.25) is 4.98 Å². The molecule has 0 saturated heterocycles. The molecule has 0 aliphatic heterocycles. The zero-order valence-electron chi connectivity index (χ0n) is 13.4. The van der Waals surface area contributed by atoms with Crippen LogP contribution in [0.4, 0.5) is 0 Å². The van der Waals surface area contributed by atoms with E-state index in [4.69, 9.17) is 9.47 Å². The summed E-state index contributed by atoms with van der Waals surface area (Å²) < 4.78 is 11.3. The predicted octanol–water partition coefficient (Wildman–Crippen LogP) is 4.47. The number of thioether (sulfide) groups is 1. The lowest BCUT2D eigenvalue weighted by molar-refractivity contribution is 0.309. The van der Waals surface area contributed by atoms with Gasteiger partial charge in [-0.15, -0.1) is 11.8 Å². The van der Waals surface area contributed by atoms with E-state index < -0.39 is 0 Å². The minimum absolute atomic E-state index is 0.515. The third-order valence-electron chi connectivity index (χ3n) is 3.90. The molecule has 0 N–H and O–H groups in total. The van der Waals surface area contributed by atoms with Gasteiger partial charge in [-0.25, -0.2) is 4.98 Å². The SMILES string of the molecule is COc1nccc2c(OCc3cccc(SC4CC4)c3)ccnc12. The molecule has 0 bridgehead atoms. The average molecular weight is 338 g/mol. The summed E-state index contributed by atoms with van der Waals surface area (Å²) in [5.74, 6) is 1.31. The van der Waals surface area contributed by atoms with Crippen molar-refractivity contribution in [2.24, 2.45) is 0 Å². The van der Waals surface area contributed by atoms with Gasteiger partial charge in [0, 0.05) is 27.9 Å². The van der Waals surface area contributed by atoms with E-state index in [-0.39, 0.29) is 0 Å². The van der Waals surface area contributed by atoms with E-state index >= 15 is 0 Å². The van der Waals surface area contributed by atoms with E-state index in [1.165, 1.54) is 23.3 Å². The summed E-state index contributed by atoms with van der Waals surface area (Å²) >= 11 is 1.96. The fourth-order valence-electron chi connectivity index (χ4n) is 2.55. The van der Waals surface area contributed by atoms with E-state index in [0.29, 0.717) is 12.5 Å². The van der Waals surface area contributed by atoms with Crippen LogP contribution < -0.4 is 9.47 Å². The highest BCUT2D eigenvalue weighted by Gasteiger charge is 2.22. The number of hydrogen-bond donors (Lipinski definition) is 0. The average Bonchev–Trinajstić information content (AvgIpc) is 3.43. The molecule has 1 aliphatic rings. The number of fused-ring (bicyclic) bond motifs is 1. The lowest BCUT2D eigenvalue weighted by atomic mass is 10.2. The van der Waals surface area contributed by atoms with Crippen LogP contribution in [0.5, 0.6) is 11.6 Å². The number of hydrogen-bond acceptors (Lipinski definition) is 5. The predicted molar refractivity (Wildman–Crippen MR) is 95.7 cm³/mol. The number of aromatic nitrogens is 2. The molecule has 122 valence electrons. The zero-order valence-corrected chi connectivity index (χ0v) is 14.3. The standard InChI is InChI=1S/C19H18N2O2S/c1-22-19-18-16(7-9-21-19)17(8-10-20-18)23-12-13-3-2-4-15(11-13)24-14-5-6-14/h2-4,7-11,14H,5-6,12H2,1H3. The molecule has 0 unspecified atom stereocenters. The van der Waals surface area contributed by atoms with Crippen molar-refractivity contribution in [2.75, 3.05) is 7.11 Å². The number of pyridine rings is 2. The minimum atomic E-state index is 0.515. The molecule has 1 aliphatic carbocycles. The summed E-state index contributed by atoms with van der Waals surface area (Å²) in [6, 6.07) is 12.4. The van der Waals surface area contributed by atoms with Crippen LogP contribution in [-0.4, -0.2) is 22.3 Å². The van der Waals surface area contributed by atoms with Crippen molar-refractivity contribution in [1.29, 1.82) is 0 Å². The Bertz CT molecular complexity index is 865. The molecule has 4 nitrogen and oxygen atoms in total. The van der Waals surface area contributed by atoms with Gasteiger partial charge in [0.15, 0.2) is 0 Å². The Labute approximate surface area is 145 Å². The van der Waals surface area contributed by atoms with Crippen LogP contribution in [0.2, 0.25) is 0 Å². The second-order valence-electron chi connectivity index (χ2n) is 5.78. The number of nitrogens with zero attached hydrogens (tertiary/aromatic N) is 2. The van der Waals surface area contributed by atoms with Crippen LogP contribution in [0.25, 0.3) is 10.9 Å². The molecule has 2 heterocycles. The molecular weight excluding hydrogens is 320 g/mol. The first-order valence-electron chi connectivity index (χ1n) is 7.99. The van der Waals surface area contributed by atoms with Crippen LogP contribution in [0.15, 0.2) is 53.7 Å². The normalized spacial score (nSPS) is 13.9. The first-order valence-corrected chi connectivity index (χ1v) is 8.87. The molecule has 1 saturated carbocycles. The molecular formula is C19H18N2O2S. The van der Waals surface area contributed by atoms with Gasteiger partial charge in [0.05, 0.1) is 7.11 Å². The maximum absolute atomic E-state index is 6.05. The van der Waals surface area contributed by atoms with E-state index in [0.717, 1.165) is 21.9 Å². The van der Waals surface area contributed by atoms with Gasteiger partial charge in [0.1, 0.15) is 17.9 Å². The maximum atomic E-state index is 6.05. The number of benzene rings is 1. The largest absolute Gasteiger partial charge is 0.488 e. The third kappa shape index (κ3) is 3.31. The van der Waals surface area contributed by atoms with Crippen LogP contribution in [0, 0.1) is 0 Å². The van der Waals surface area contributed by atoms with Crippen LogP contribution in [-0.2, 0) is 6.61 Å². The number of rotatable bonds is 6. The van der Waals surface area contributed by atoms with Gasteiger partial charge in [-0.05, 0) is 42.7 Å². The summed E-state index contributed by atoms with van der Waals surface area (Å²) in [5, 5.41) is 1.72. The number of ether oxygens (including phenoxy) is 2. The van der Waals surface area contributed by atoms with Crippen molar-refractivity contribution in [2.45, 2.75) is 29.6 Å². The van der Waals surface area contributed by atoms with Crippen molar-refractivity contribution >= 4 is 22.7 Å². The smallest absolute Gasteiger partial charge is 0.240 e. The van der Waals surface area contributed by atoms with E-state index in [2.05, 4.69) is 34.2 Å². The van der Waals surface area contributed by atoms with Gasteiger partial charge in [0.2, 0.25) is 5.88 Å². The molecule has 5 heteroatoms. The lowest BCUT2D eigenvalue weighted by Crippen LogP contribution is -1.98. The molecule has 4 rings (SSSR count). The molecule has 2 aromatic heterocycles. The first kappa shape index (κ1) is 15.3. The minimum Gasteiger partial charge on any atom is -0.488 e. The first-order chi connectivity index (χ1) is 11.8. The Morgan fingerprint density at radius 2 is 2.00 bits per heavy atom. The second kappa shape index (κ2) is 6.69. The van der Waals surface area contributed by atoms with Gasteiger partial charge < -0.3 is 9.47 Å². The van der Waals surface area contributed by atoms with E-state index in [1.807, 2.05) is 23.9 Å². The molecule has 1 aromatic carbocycles. The van der Waals surface area contributed by atoms with Gasteiger partial charge in [-0.1, -0.05) is 12.1 Å². The summed E-state index contributed by atoms with van der Waals surface area (Å²) in [4.78, 5) is 9.86. The Kier molecular flexibility index (Phi) is 4.26. The van der Waals surface area contributed by atoms with Gasteiger partial charge >= 0.3 is 0 Å². The van der Waals surface area contributed by atoms with Crippen LogP contribution in [0.3, 0.4) is 0 Å². The highest BCUT2D eigenvalue weighted by atomic mass is 32.2. The van der Waals surface area contributed by atoms with Crippen LogP contribution >= 0.6 is 11.8 Å².